The standard InChI is InChI=1S/C23H32N2O5S2/c1-5-18(2)10-8-9-17-32(29,30)20-15-13-19(14-16-20)24-23(26)21-11-6-7-12-22(21)25(3)31(4,27)28/h6-7,11-16,18H,5,8-10,17H2,1-4H3,(H,24,26)/t18-/m1/s1. The summed E-state index contributed by atoms with van der Waals surface area (Å²) in [6.45, 7) is 4.30. The van der Waals surface area contributed by atoms with Crippen LogP contribution in [0.1, 0.15) is 49.9 Å². The molecule has 0 spiro atoms. The molecule has 32 heavy (non-hydrogen) atoms. The highest BCUT2D eigenvalue weighted by Gasteiger charge is 2.20. The van der Waals surface area contributed by atoms with Crippen molar-refractivity contribution in [3.05, 3.63) is 54.1 Å². The Balaban J connectivity index is 2.08. The maximum absolute atomic E-state index is 12.8. The van der Waals surface area contributed by atoms with Crippen LogP contribution in [0.4, 0.5) is 11.4 Å². The van der Waals surface area contributed by atoms with E-state index in [1.54, 1.807) is 18.2 Å². The van der Waals surface area contributed by atoms with Gasteiger partial charge in [0, 0.05) is 12.7 Å². The largest absolute Gasteiger partial charge is 0.322 e. The van der Waals surface area contributed by atoms with Crippen molar-refractivity contribution in [3.8, 4) is 0 Å². The van der Waals surface area contributed by atoms with E-state index in [1.165, 1.54) is 37.4 Å². The van der Waals surface area contributed by atoms with Gasteiger partial charge in [-0.05, 0) is 48.7 Å². The maximum atomic E-state index is 12.8. The third-order valence-electron chi connectivity index (χ3n) is 5.51. The molecule has 2 rings (SSSR count). The number of carbonyl (C=O) groups is 1. The number of para-hydroxylation sites is 1. The Labute approximate surface area is 191 Å². The second kappa shape index (κ2) is 11.0. The Morgan fingerprint density at radius 3 is 2.22 bits per heavy atom. The number of sulfone groups is 1. The van der Waals surface area contributed by atoms with Crippen LogP contribution in [-0.4, -0.2) is 41.8 Å². The second-order valence-corrected chi connectivity index (χ2v) is 12.2. The lowest BCUT2D eigenvalue weighted by Gasteiger charge is -2.19. The first-order chi connectivity index (χ1) is 15.0. The molecule has 0 fully saturated rings. The molecule has 1 atom stereocenters. The molecule has 0 aromatic heterocycles. The second-order valence-electron chi connectivity index (χ2n) is 8.05. The van der Waals surface area contributed by atoms with Gasteiger partial charge in [-0.1, -0.05) is 45.2 Å². The van der Waals surface area contributed by atoms with Crippen LogP contribution < -0.4 is 9.62 Å². The Bertz CT molecular complexity index is 1130. The molecule has 176 valence electrons. The van der Waals surface area contributed by atoms with Crippen molar-refractivity contribution >= 4 is 37.1 Å². The van der Waals surface area contributed by atoms with Crippen LogP contribution in [-0.2, 0) is 19.9 Å². The van der Waals surface area contributed by atoms with Crippen LogP contribution in [0.15, 0.2) is 53.4 Å². The molecular formula is C23H32N2O5S2. The Kier molecular flexibility index (Phi) is 8.86. The van der Waals surface area contributed by atoms with E-state index in [1.807, 2.05) is 0 Å². The molecule has 0 unspecified atom stereocenters. The Morgan fingerprint density at radius 2 is 1.62 bits per heavy atom. The zero-order chi connectivity index (χ0) is 23.9. The number of sulfonamides is 1. The van der Waals surface area contributed by atoms with Crippen LogP contribution in [0.3, 0.4) is 0 Å². The Hall–Kier alpha value is -2.39. The molecule has 0 heterocycles. The summed E-state index contributed by atoms with van der Waals surface area (Å²) < 4.78 is 49.9. The molecular weight excluding hydrogens is 448 g/mol. The maximum Gasteiger partial charge on any atom is 0.257 e. The summed E-state index contributed by atoms with van der Waals surface area (Å²) in [5.74, 6) is 0.208. The number of nitrogens with zero attached hydrogens (tertiary/aromatic N) is 1. The molecule has 1 amide bonds. The number of benzene rings is 2. The van der Waals surface area contributed by atoms with Crippen molar-refractivity contribution in [2.75, 3.05) is 28.7 Å². The first-order valence-corrected chi connectivity index (χ1v) is 14.1. The average Bonchev–Trinajstić information content (AvgIpc) is 2.75. The first kappa shape index (κ1) is 25.9. The third-order valence-corrected chi connectivity index (χ3v) is 8.52. The number of hydrogen-bond acceptors (Lipinski definition) is 5. The van der Waals surface area contributed by atoms with Crippen molar-refractivity contribution < 1.29 is 21.6 Å². The highest BCUT2D eigenvalue weighted by molar-refractivity contribution is 7.92. The molecule has 0 aliphatic heterocycles. The van der Waals surface area contributed by atoms with Crippen LogP contribution in [0.2, 0.25) is 0 Å². The van der Waals surface area contributed by atoms with Crippen molar-refractivity contribution in [1.29, 1.82) is 0 Å². The zero-order valence-corrected chi connectivity index (χ0v) is 20.7. The molecule has 0 aliphatic carbocycles. The van der Waals surface area contributed by atoms with Gasteiger partial charge in [0.15, 0.2) is 9.84 Å². The minimum atomic E-state index is -3.54. The van der Waals surface area contributed by atoms with Gasteiger partial charge in [0.2, 0.25) is 10.0 Å². The molecule has 2 aromatic rings. The minimum Gasteiger partial charge on any atom is -0.322 e. The summed E-state index contributed by atoms with van der Waals surface area (Å²) in [5.41, 5.74) is 0.866. The van der Waals surface area contributed by atoms with Crippen LogP contribution in [0.5, 0.6) is 0 Å². The highest BCUT2D eigenvalue weighted by Crippen LogP contribution is 2.23. The zero-order valence-electron chi connectivity index (χ0n) is 19.0. The average molecular weight is 481 g/mol. The molecule has 0 radical (unpaired) electrons. The predicted octanol–water partition coefficient (Wildman–Crippen LogP) is 4.32. The van der Waals surface area contributed by atoms with Crippen molar-refractivity contribution in [3.63, 3.8) is 0 Å². The number of unbranched alkanes of at least 4 members (excludes halogenated alkanes) is 1. The van der Waals surface area contributed by atoms with Gasteiger partial charge in [0.25, 0.3) is 5.91 Å². The van der Waals surface area contributed by atoms with Gasteiger partial charge in [0.1, 0.15) is 0 Å². The van der Waals surface area contributed by atoms with Crippen LogP contribution in [0, 0.1) is 5.92 Å². The van der Waals surface area contributed by atoms with Gasteiger partial charge >= 0.3 is 0 Å². The number of carbonyl (C=O) groups excluding carboxylic acids is 1. The first-order valence-electron chi connectivity index (χ1n) is 10.6. The highest BCUT2D eigenvalue weighted by atomic mass is 32.2. The van der Waals surface area contributed by atoms with E-state index in [2.05, 4.69) is 19.2 Å². The van der Waals surface area contributed by atoms with Gasteiger partial charge < -0.3 is 5.32 Å². The fraction of sp³-hybridized carbons (Fsp3) is 0.435. The minimum absolute atomic E-state index is 0.0976. The summed E-state index contributed by atoms with van der Waals surface area (Å²) in [5, 5.41) is 2.70. The number of anilines is 2. The number of rotatable bonds is 11. The fourth-order valence-corrected chi connectivity index (χ4v) is 5.06. The van der Waals surface area contributed by atoms with Crippen molar-refractivity contribution in [2.24, 2.45) is 5.92 Å². The van der Waals surface area contributed by atoms with E-state index in [0.717, 1.165) is 29.8 Å². The third kappa shape index (κ3) is 7.06. The van der Waals surface area contributed by atoms with Gasteiger partial charge in [0.05, 0.1) is 28.2 Å². The quantitative estimate of drug-likeness (QED) is 0.483. The molecule has 9 heteroatoms. The van der Waals surface area contributed by atoms with Gasteiger partial charge in [-0.2, -0.15) is 0 Å². The van der Waals surface area contributed by atoms with Crippen LogP contribution >= 0.6 is 0 Å². The normalized spacial score (nSPS) is 12.9. The summed E-state index contributed by atoms with van der Waals surface area (Å²) in [4.78, 5) is 13.0. The smallest absolute Gasteiger partial charge is 0.257 e. The Morgan fingerprint density at radius 1 is 1.00 bits per heavy atom. The summed E-state index contributed by atoms with van der Waals surface area (Å²) in [7, 11) is -5.54. The number of hydrogen-bond donors (Lipinski definition) is 1. The van der Waals surface area contributed by atoms with E-state index in [9.17, 15) is 21.6 Å². The predicted molar refractivity (Wildman–Crippen MR) is 129 cm³/mol. The topological polar surface area (TPSA) is 101 Å². The molecule has 0 saturated carbocycles. The fourth-order valence-electron chi connectivity index (χ4n) is 3.17. The number of nitrogens with one attached hydrogen (secondary N) is 1. The lowest BCUT2D eigenvalue weighted by atomic mass is 10.0. The van der Waals surface area contributed by atoms with E-state index in [-0.39, 0.29) is 21.9 Å². The van der Waals surface area contributed by atoms with Gasteiger partial charge in [-0.3, -0.25) is 9.10 Å². The van der Waals surface area contributed by atoms with Gasteiger partial charge in [-0.15, -0.1) is 0 Å². The number of amides is 1. The van der Waals surface area contributed by atoms with E-state index in [0.29, 0.717) is 18.0 Å². The molecule has 2 aromatic carbocycles. The molecule has 0 aliphatic rings. The lowest BCUT2D eigenvalue weighted by Crippen LogP contribution is -2.27. The molecule has 1 N–H and O–H groups in total. The van der Waals surface area contributed by atoms with Gasteiger partial charge in [-0.25, -0.2) is 16.8 Å². The summed E-state index contributed by atoms with van der Waals surface area (Å²) in [6, 6.07) is 12.4. The van der Waals surface area contributed by atoms with E-state index >= 15 is 0 Å². The monoisotopic (exact) mass is 480 g/mol. The molecule has 7 nitrogen and oxygen atoms in total. The molecule has 0 saturated heterocycles. The lowest BCUT2D eigenvalue weighted by molar-refractivity contribution is 0.102. The van der Waals surface area contributed by atoms with E-state index < -0.39 is 25.8 Å². The van der Waals surface area contributed by atoms with Crippen molar-refractivity contribution in [1.82, 2.24) is 0 Å². The SMILES string of the molecule is CC[C@@H](C)CCCCS(=O)(=O)c1ccc(NC(=O)c2ccccc2N(C)S(C)(=O)=O)cc1. The molecule has 0 bridgehead atoms. The van der Waals surface area contributed by atoms with Crippen molar-refractivity contribution in [2.45, 2.75) is 44.4 Å². The summed E-state index contributed by atoms with van der Waals surface area (Å²) >= 11 is 0. The summed E-state index contributed by atoms with van der Waals surface area (Å²) in [6.07, 6.45) is 4.67. The van der Waals surface area contributed by atoms with Crippen LogP contribution in [0.25, 0.3) is 0 Å². The van der Waals surface area contributed by atoms with E-state index in [4.69, 9.17) is 0 Å².